The Hall–Kier alpha value is -3.52. The number of rotatable bonds is 5. The monoisotopic (exact) mass is 408 g/mol. The van der Waals surface area contributed by atoms with Crippen molar-refractivity contribution in [2.24, 2.45) is 0 Å². The predicted octanol–water partition coefficient (Wildman–Crippen LogP) is 7.60. The highest BCUT2D eigenvalue weighted by Crippen LogP contribution is 2.45. The molecule has 0 fully saturated rings. The summed E-state index contributed by atoms with van der Waals surface area (Å²) in [6.07, 6.45) is 0. The fourth-order valence-corrected chi connectivity index (χ4v) is 3.68. The number of phenolic OH excluding ortho intramolecular Hbond substituents is 1. The maximum atomic E-state index is 10.7. The fourth-order valence-electron chi connectivity index (χ4n) is 3.68. The molecule has 0 saturated carbocycles. The minimum absolute atomic E-state index is 0.0549. The zero-order chi connectivity index (χ0) is 21.8. The summed E-state index contributed by atoms with van der Waals surface area (Å²) in [6.45, 7) is 7.07. The molecule has 0 heterocycles. The predicted molar refractivity (Wildman–Crippen MR) is 128 cm³/mol. The summed E-state index contributed by atoms with van der Waals surface area (Å²) in [7, 11) is 0. The lowest BCUT2D eigenvalue weighted by Gasteiger charge is -2.25. The van der Waals surface area contributed by atoms with Crippen LogP contribution in [0.25, 0.3) is 22.3 Å². The first-order valence-corrected chi connectivity index (χ1v) is 10.6. The lowest BCUT2D eigenvalue weighted by molar-refractivity contribution is 0.308. The maximum absolute atomic E-state index is 10.7. The zero-order valence-corrected chi connectivity index (χ0v) is 18.3. The van der Waals surface area contributed by atoms with Crippen LogP contribution in [0.5, 0.6) is 11.5 Å². The standard InChI is InChI=1S/C29H28O2/c1-29(2,3)23-18-25(22-14-8-5-9-15-22)28(31-20-21-12-6-4-7-13-21)26(19-23)24-16-10-11-17-27(24)30/h4-19,30H,20H2,1-3H3. The third-order valence-corrected chi connectivity index (χ3v) is 5.46. The first-order chi connectivity index (χ1) is 14.9. The van der Waals surface area contributed by atoms with E-state index >= 15 is 0 Å². The summed E-state index contributed by atoms with van der Waals surface area (Å²) in [6, 6.07) is 32.3. The van der Waals surface area contributed by atoms with Crippen LogP contribution in [0, 0.1) is 0 Å². The molecule has 2 heteroatoms. The molecule has 0 aliphatic rings. The van der Waals surface area contributed by atoms with Crippen LogP contribution in [0.1, 0.15) is 31.9 Å². The second kappa shape index (κ2) is 8.69. The number of para-hydroxylation sites is 1. The van der Waals surface area contributed by atoms with Crippen LogP contribution in [0.4, 0.5) is 0 Å². The van der Waals surface area contributed by atoms with Gasteiger partial charge in [-0.3, -0.25) is 0 Å². The van der Waals surface area contributed by atoms with Crippen LogP contribution in [0.2, 0.25) is 0 Å². The smallest absolute Gasteiger partial charge is 0.135 e. The molecule has 4 aromatic carbocycles. The van der Waals surface area contributed by atoms with Crippen molar-refractivity contribution in [3.8, 4) is 33.8 Å². The number of hydrogen-bond donors (Lipinski definition) is 1. The van der Waals surface area contributed by atoms with Crippen molar-refractivity contribution >= 4 is 0 Å². The summed E-state index contributed by atoms with van der Waals surface area (Å²) in [5.74, 6) is 1.03. The third kappa shape index (κ3) is 4.64. The molecule has 4 rings (SSSR count). The van der Waals surface area contributed by atoms with E-state index in [1.165, 1.54) is 5.56 Å². The first-order valence-electron chi connectivity index (χ1n) is 10.6. The minimum atomic E-state index is -0.0549. The van der Waals surface area contributed by atoms with Gasteiger partial charge in [-0.05, 0) is 40.3 Å². The summed E-state index contributed by atoms with van der Waals surface area (Å²) >= 11 is 0. The van der Waals surface area contributed by atoms with Crippen LogP contribution < -0.4 is 4.74 Å². The van der Waals surface area contributed by atoms with Gasteiger partial charge in [0.05, 0.1) is 0 Å². The van der Waals surface area contributed by atoms with Gasteiger partial charge in [0.2, 0.25) is 0 Å². The average molecular weight is 409 g/mol. The summed E-state index contributed by atoms with van der Waals surface area (Å²) in [4.78, 5) is 0. The van der Waals surface area contributed by atoms with E-state index in [4.69, 9.17) is 4.74 Å². The molecule has 0 aromatic heterocycles. The molecule has 0 unspecified atom stereocenters. The Morgan fingerprint density at radius 2 is 1.26 bits per heavy atom. The number of benzene rings is 4. The Bertz CT molecular complexity index is 1160. The highest BCUT2D eigenvalue weighted by molar-refractivity contribution is 5.85. The molecule has 0 aliphatic heterocycles. The van der Waals surface area contributed by atoms with Crippen molar-refractivity contribution in [1.29, 1.82) is 0 Å². The van der Waals surface area contributed by atoms with Crippen molar-refractivity contribution in [2.75, 3.05) is 0 Å². The number of ether oxygens (including phenoxy) is 1. The van der Waals surface area contributed by atoms with E-state index in [0.29, 0.717) is 6.61 Å². The molecule has 0 atom stereocenters. The molecule has 0 amide bonds. The van der Waals surface area contributed by atoms with E-state index < -0.39 is 0 Å². The molecule has 0 aliphatic carbocycles. The Kier molecular flexibility index (Phi) is 5.81. The van der Waals surface area contributed by atoms with Gasteiger partial charge in [0.25, 0.3) is 0 Å². The number of hydrogen-bond acceptors (Lipinski definition) is 2. The van der Waals surface area contributed by atoms with Gasteiger partial charge >= 0.3 is 0 Å². The van der Waals surface area contributed by atoms with Crippen LogP contribution in [0.15, 0.2) is 97.1 Å². The van der Waals surface area contributed by atoms with Crippen LogP contribution in [0.3, 0.4) is 0 Å². The molecule has 1 N–H and O–H groups in total. The molecule has 0 bridgehead atoms. The Balaban J connectivity index is 1.95. The second-order valence-electron chi connectivity index (χ2n) is 8.81. The van der Waals surface area contributed by atoms with Crippen molar-refractivity contribution in [3.63, 3.8) is 0 Å². The number of aromatic hydroxyl groups is 1. The second-order valence-corrected chi connectivity index (χ2v) is 8.81. The molecular formula is C29H28O2. The average Bonchev–Trinajstić information content (AvgIpc) is 2.78. The lowest BCUT2D eigenvalue weighted by Crippen LogP contribution is -2.12. The molecule has 2 nitrogen and oxygen atoms in total. The Labute approximate surface area is 184 Å². The summed E-state index contributed by atoms with van der Waals surface area (Å²) in [5, 5.41) is 10.7. The summed E-state index contributed by atoms with van der Waals surface area (Å²) in [5.41, 5.74) is 6.03. The van der Waals surface area contributed by atoms with Crippen LogP contribution in [-0.2, 0) is 12.0 Å². The fraction of sp³-hybridized carbons (Fsp3) is 0.172. The van der Waals surface area contributed by atoms with Crippen molar-refractivity contribution < 1.29 is 9.84 Å². The van der Waals surface area contributed by atoms with Gasteiger partial charge in [-0.2, -0.15) is 0 Å². The van der Waals surface area contributed by atoms with Crippen molar-refractivity contribution in [2.45, 2.75) is 32.8 Å². The lowest BCUT2D eigenvalue weighted by atomic mass is 9.82. The SMILES string of the molecule is CC(C)(C)c1cc(-c2ccccc2)c(OCc2ccccc2)c(-c2ccccc2O)c1. The maximum Gasteiger partial charge on any atom is 0.135 e. The highest BCUT2D eigenvalue weighted by Gasteiger charge is 2.22. The molecule has 156 valence electrons. The van der Waals surface area contributed by atoms with E-state index in [0.717, 1.165) is 33.6 Å². The molecule has 4 aromatic rings. The largest absolute Gasteiger partial charge is 0.507 e. The first kappa shape index (κ1) is 20.7. The highest BCUT2D eigenvalue weighted by atomic mass is 16.5. The zero-order valence-electron chi connectivity index (χ0n) is 18.3. The molecule has 0 saturated heterocycles. The molecule has 0 radical (unpaired) electrons. The van der Waals surface area contributed by atoms with Crippen LogP contribution >= 0.6 is 0 Å². The number of phenols is 1. The van der Waals surface area contributed by atoms with Gasteiger partial charge < -0.3 is 9.84 Å². The van der Waals surface area contributed by atoms with E-state index in [1.807, 2.05) is 54.6 Å². The minimum Gasteiger partial charge on any atom is -0.507 e. The van der Waals surface area contributed by atoms with E-state index in [9.17, 15) is 5.11 Å². The Morgan fingerprint density at radius 1 is 0.677 bits per heavy atom. The molecular weight excluding hydrogens is 380 g/mol. The van der Waals surface area contributed by atoms with E-state index in [1.54, 1.807) is 6.07 Å². The van der Waals surface area contributed by atoms with Gasteiger partial charge in [0, 0.05) is 16.7 Å². The van der Waals surface area contributed by atoms with Gasteiger partial charge in [0.1, 0.15) is 18.1 Å². The Morgan fingerprint density at radius 3 is 1.90 bits per heavy atom. The molecule has 31 heavy (non-hydrogen) atoms. The third-order valence-electron chi connectivity index (χ3n) is 5.46. The van der Waals surface area contributed by atoms with E-state index in [2.05, 4.69) is 57.2 Å². The normalized spacial score (nSPS) is 11.3. The van der Waals surface area contributed by atoms with Gasteiger partial charge in [-0.15, -0.1) is 0 Å². The van der Waals surface area contributed by atoms with Crippen molar-refractivity contribution in [1.82, 2.24) is 0 Å². The van der Waals surface area contributed by atoms with Crippen molar-refractivity contribution in [3.05, 3.63) is 108 Å². The van der Waals surface area contributed by atoms with Gasteiger partial charge in [-0.1, -0.05) is 99.6 Å². The van der Waals surface area contributed by atoms with Gasteiger partial charge in [-0.25, -0.2) is 0 Å². The quantitative estimate of drug-likeness (QED) is 0.368. The summed E-state index contributed by atoms with van der Waals surface area (Å²) < 4.78 is 6.47. The van der Waals surface area contributed by atoms with Crippen LogP contribution in [-0.4, -0.2) is 5.11 Å². The molecule has 0 spiro atoms. The van der Waals surface area contributed by atoms with Gasteiger partial charge in [0.15, 0.2) is 0 Å². The topological polar surface area (TPSA) is 29.5 Å². The van der Waals surface area contributed by atoms with E-state index in [-0.39, 0.29) is 11.2 Å².